The fourth-order valence-corrected chi connectivity index (χ4v) is 3.31. The molecule has 0 heterocycles. The second-order valence-electron chi connectivity index (χ2n) is 8.32. The number of rotatable bonds is 8. The Bertz CT molecular complexity index is 1040. The maximum atomic E-state index is 12.6. The predicted octanol–water partition coefficient (Wildman–Crippen LogP) is 11.7. The Hall–Kier alpha value is -3.19. The zero-order valence-electron chi connectivity index (χ0n) is 25.0. The third-order valence-corrected chi connectivity index (χ3v) is 5.52. The van der Waals surface area contributed by atoms with E-state index in [0.717, 1.165) is 30.4 Å². The van der Waals surface area contributed by atoms with E-state index >= 15 is 0 Å². The molecule has 0 N–H and O–H groups in total. The first-order chi connectivity index (χ1) is 17.7. The molecule has 0 aliphatic carbocycles. The molecular formula is C36H51F. The van der Waals surface area contributed by atoms with Gasteiger partial charge in [-0.25, -0.2) is 4.39 Å². The molecule has 0 amide bonds. The van der Waals surface area contributed by atoms with Gasteiger partial charge in [-0.15, -0.1) is 0 Å². The second kappa shape index (κ2) is 22.0. The number of hydrogen-bond donors (Lipinski definition) is 0. The number of benzene rings is 2. The molecule has 0 aliphatic heterocycles. The third-order valence-electron chi connectivity index (χ3n) is 5.52. The highest BCUT2D eigenvalue weighted by Gasteiger charge is 2.12. The summed E-state index contributed by atoms with van der Waals surface area (Å²) in [5, 5.41) is 0. The van der Waals surface area contributed by atoms with Gasteiger partial charge >= 0.3 is 0 Å². The van der Waals surface area contributed by atoms with Crippen LogP contribution in [-0.4, -0.2) is 0 Å². The van der Waals surface area contributed by atoms with Crippen molar-refractivity contribution in [3.8, 4) is 0 Å². The summed E-state index contributed by atoms with van der Waals surface area (Å²) in [5.74, 6) is -0.0972. The smallest absolute Gasteiger partial charge is 0.126 e. The lowest BCUT2D eigenvalue weighted by Crippen LogP contribution is -1.97. The normalized spacial score (nSPS) is 10.8. The van der Waals surface area contributed by atoms with Crippen LogP contribution in [0.3, 0.4) is 0 Å². The lowest BCUT2D eigenvalue weighted by Gasteiger charge is -2.18. The highest BCUT2D eigenvalue weighted by molar-refractivity contribution is 5.85. The average molecular weight is 503 g/mol. The van der Waals surface area contributed by atoms with Crippen LogP contribution >= 0.6 is 0 Å². The van der Waals surface area contributed by atoms with Crippen molar-refractivity contribution in [3.63, 3.8) is 0 Å². The maximum absolute atomic E-state index is 12.6. The summed E-state index contributed by atoms with van der Waals surface area (Å²) in [6.07, 6.45) is 12.6. The van der Waals surface area contributed by atoms with Crippen LogP contribution in [0.4, 0.5) is 4.39 Å². The first-order valence-electron chi connectivity index (χ1n) is 13.5. The van der Waals surface area contributed by atoms with Gasteiger partial charge in [0, 0.05) is 0 Å². The SMILES string of the molecule is C=C(/C=C\CC)/C(C)=C(\C(=C)CC)c1cc(C)ccc1C.C=C/C=C\C.CC.CCc1ccccc1F. The Morgan fingerprint density at radius 2 is 1.59 bits per heavy atom. The van der Waals surface area contributed by atoms with Crippen molar-refractivity contribution < 1.29 is 4.39 Å². The van der Waals surface area contributed by atoms with E-state index < -0.39 is 0 Å². The molecule has 202 valence electrons. The molecule has 0 saturated heterocycles. The van der Waals surface area contributed by atoms with Crippen LogP contribution in [0.25, 0.3) is 5.57 Å². The van der Waals surface area contributed by atoms with Crippen molar-refractivity contribution >= 4 is 5.57 Å². The zero-order chi connectivity index (χ0) is 28.8. The van der Waals surface area contributed by atoms with Gasteiger partial charge in [0.15, 0.2) is 0 Å². The Kier molecular flexibility index (Phi) is 21.4. The summed E-state index contributed by atoms with van der Waals surface area (Å²) < 4.78 is 12.6. The minimum Gasteiger partial charge on any atom is -0.207 e. The molecule has 2 aromatic rings. The predicted molar refractivity (Wildman–Crippen MR) is 169 cm³/mol. The fraction of sp³-hybridized carbons (Fsp3) is 0.333. The van der Waals surface area contributed by atoms with E-state index in [1.165, 1.54) is 39.5 Å². The third kappa shape index (κ3) is 14.2. The van der Waals surface area contributed by atoms with Crippen LogP contribution in [0.5, 0.6) is 0 Å². The quantitative estimate of drug-likeness (QED) is 0.315. The van der Waals surface area contributed by atoms with Gasteiger partial charge in [0.25, 0.3) is 0 Å². The van der Waals surface area contributed by atoms with E-state index in [2.05, 4.69) is 84.7 Å². The molecule has 1 heteroatoms. The largest absolute Gasteiger partial charge is 0.207 e. The standard InChI is InChI=1S/C21H28.C8H9F.C5H8.C2H6/c1-8-10-11-17(5)19(7)21(16(4)9-2)20-14-15(3)12-13-18(20)6;1-2-7-5-3-4-6-8(7)9;1-3-5-4-2;1-2/h10-14H,4-5,8-9H2,1-3,6-7H3;3-6H,2H2,1H3;3-5H,1H2,2H3;1-2H3/b11-10-,21-19+;;5-4-;. The molecular weight excluding hydrogens is 451 g/mol. The van der Waals surface area contributed by atoms with Crippen molar-refractivity contribution in [2.24, 2.45) is 0 Å². The van der Waals surface area contributed by atoms with Crippen molar-refractivity contribution in [1.82, 2.24) is 0 Å². The van der Waals surface area contributed by atoms with Gasteiger partial charge in [-0.3, -0.25) is 0 Å². The van der Waals surface area contributed by atoms with E-state index in [1.807, 2.05) is 45.9 Å². The summed E-state index contributed by atoms with van der Waals surface area (Å²) in [4.78, 5) is 0. The van der Waals surface area contributed by atoms with E-state index in [-0.39, 0.29) is 5.82 Å². The van der Waals surface area contributed by atoms with Crippen molar-refractivity contribution in [2.75, 3.05) is 0 Å². The summed E-state index contributed by atoms with van der Waals surface area (Å²) in [6.45, 7) is 30.6. The first-order valence-corrected chi connectivity index (χ1v) is 13.5. The summed E-state index contributed by atoms with van der Waals surface area (Å²) in [7, 11) is 0. The molecule has 2 aromatic carbocycles. The molecule has 0 radical (unpaired) electrons. The minimum atomic E-state index is -0.0972. The van der Waals surface area contributed by atoms with Gasteiger partial charge in [0.1, 0.15) is 5.82 Å². The summed E-state index contributed by atoms with van der Waals surface area (Å²) in [5.41, 5.74) is 9.36. The van der Waals surface area contributed by atoms with E-state index in [9.17, 15) is 4.39 Å². The van der Waals surface area contributed by atoms with Crippen LogP contribution in [0, 0.1) is 19.7 Å². The molecule has 0 unspecified atom stereocenters. The topological polar surface area (TPSA) is 0 Å². The monoisotopic (exact) mass is 502 g/mol. The highest BCUT2D eigenvalue weighted by atomic mass is 19.1. The number of allylic oxidation sites excluding steroid dienone is 9. The van der Waals surface area contributed by atoms with Crippen molar-refractivity contribution in [3.05, 3.63) is 137 Å². The molecule has 0 atom stereocenters. The first kappa shape index (κ1) is 36.0. The van der Waals surface area contributed by atoms with Crippen LogP contribution in [0.2, 0.25) is 0 Å². The molecule has 0 spiro atoms. The average Bonchev–Trinajstić information content (AvgIpc) is 2.91. The molecule has 0 aromatic heterocycles. The maximum Gasteiger partial charge on any atom is 0.126 e. The molecule has 0 bridgehead atoms. The van der Waals surface area contributed by atoms with Crippen LogP contribution < -0.4 is 0 Å². The van der Waals surface area contributed by atoms with E-state index in [4.69, 9.17) is 0 Å². The number of aryl methyl sites for hydroxylation is 3. The van der Waals surface area contributed by atoms with Crippen LogP contribution in [0.1, 0.15) is 83.6 Å². The van der Waals surface area contributed by atoms with Gasteiger partial charge in [-0.05, 0) is 92.0 Å². The molecule has 0 fully saturated rings. The van der Waals surface area contributed by atoms with Crippen molar-refractivity contribution in [1.29, 1.82) is 0 Å². The van der Waals surface area contributed by atoms with Crippen LogP contribution in [-0.2, 0) is 6.42 Å². The zero-order valence-corrected chi connectivity index (χ0v) is 25.0. The number of halogens is 1. The lowest BCUT2D eigenvalue weighted by molar-refractivity contribution is 0.612. The summed E-state index contributed by atoms with van der Waals surface area (Å²) >= 11 is 0. The van der Waals surface area contributed by atoms with Crippen LogP contribution in [0.15, 0.2) is 109 Å². The summed E-state index contributed by atoms with van der Waals surface area (Å²) in [6, 6.07) is 13.4. The van der Waals surface area contributed by atoms with Crippen molar-refractivity contribution in [2.45, 2.75) is 81.6 Å². The Labute approximate surface area is 228 Å². The molecule has 0 aliphatic rings. The van der Waals surface area contributed by atoms with E-state index in [1.54, 1.807) is 18.2 Å². The van der Waals surface area contributed by atoms with Gasteiger partial charge in [0.05, 0.1) is 0 Å². The lowest BCUT2D eigenvalue weighted by atomic mass is 9.87. The minimum absolute atomic E-state index is 0.0972. The van der Waals surface area contributed by atoms with Gasteiger partial charge < -0.3 is 0 Å². The molecule has 0 nitrogen and oxygen atoms in total. The molecule has 37 heavy (non-hydrogen) atoms. The highest BCUT2D eigenvalue weighted by Crippen LogP contribution is 2.33. The molecule has 0 saturated carbocycles. The Morgan fingerprint density at radius 1 is 0.973 bits per heavy atom. The second-order valence-corrected chi connectivity index (χ2v) is 8.32. The fourth-order valence-electron chi connectivity index (χ4n) is 3.31. The Morgan fingerprint density at radius 3 is 2.03 bits per heavy atom. The molecule has 2 rings (SSSR count). The van der Waals surface area contributed by atoms with Gasteiger partial charge in [-0.1, -0.05) is 127 Å². The number of hydrogen-bond acceptors (Lipinski definition) is 0. The van der Waals surface area contributed by atoms with Gasteiger partial charge in [-0.2, -0.15) is 0 Å². The Balaban J connectivity index is 0. The van der Waals surface area contributed by atoms with E-state index in [0.29, 0.717) is 0 Å². The van der Waals surface area contributed by atoms with Gasteiger partial charge in [0.2, 0.25) is 0 Å².